The van der Waals surface area contributed by atoms with E-state index in [1.165, 1.54) is 0 Å². The summed E-state index contributed by atoms with van der Waals surface area (Å²) in [7, 11) is -1.45. The van der Waals surface area contributed by atoms with Crippen LogP contribution in [0.2, 0.25) is 0 Å². The molecule has 13 heavy (non-hydrogen) atoms. The molecule has 0 spiro atoms. The quantitative estimate of drug-likeness (QED) is 0.459. The molecule has 4 nitrogen and oxygen atoms in total. The lowest BCUT2D eigenvalue weighted by molar-refractivity contribution is 0.425. The van der Waals surface area contributed by atoms with Gasteiger partial charge in [-0.15, -0.1) is 0 Å². The Kier molecular flexibility index (Phi) is 1.83. The van der Waals surface area contributed by atoms with Crippen molar-refractivity contribution in [3.63, 3.8) is 0 Å². The maximum absolute atomic E-state index is 9.04. The highest BCUT2D eigenvalue weighted by atomic mass is 16.4. The van der Waals surface area contributed by atoms with Gasteiger partial charge in [0.05, 0.1) is 6.54 Å². The fourth-order valence-corrected chi connectivity index (χ4v) is 1.51. The number of rotatable bonds is 1. The van der Waals surface area contributed by atoms with Gasteiger partial charge in [0.1, 0.15) is 5.84 Å². The van der Waals surface area contributed by atoms with Gasteiger partial charge in [-0.05, 0) is 11.0 Å². The van der Waals surface area contributed by atoms with E-state index < -0.39 is 7.12 Å². The SMILES string of the molecule is NC1=NCc2c(B(O)O)cccc21. The van der Waals surface area contributed by atoms with Crippen molar-refractivity contribution in [1.82, 2.24) is 0 Å². The Labute approximate surface area is 75.9 Å². The zero-order valence-corrected chi connectivity index (χ0v) is 6.94. The molecular formula is C8H9BN2O2. The van der Waals surface area contributed by atoms with Crippen LogP contribution < -0.4 is 11.2 Å². The number of aliphatic imine (C=N–C) groups is 1. The van der Waals surface area contributed by atoms with Crippen LogP contribution in [0.15, 0.2) is 23.2 Å². The Morgan fingerprint density at radius 2 is 2.15 bits per heavy atom. The molecule has 1 aromatic carbocycles. The van der Waals surface area contributed by atoms with Gasteiger partial charge in [-0.1, -0.05) is 18.2 Å². The fourth-order valence-electron chi connectivity index (χ4n) is 1.51. The predicted octanol–water partition coefficient (Wildman–Crippen LogP) is -1.41. The van der Waals surface area contributed by atoms with Crippen molar-refractivity contribution >= 4 is 18.4 Å². The van der Waals surface area contributed by atoms with E-state index in [4.69, 9.17) is 15.8 Å². The number of hydrogen-bond donors (Lipinski definition) is 3. The van der Waals surface area contributed by atoms with E-state index in [-0.39, 0.29) is 0 Å². The molecule has 0 atom stereocenters. The van der Waals surface area contributed by atoms with E-state index in [1.54, 1.807) is 12.1 Å². The first-order valence-corrected chi connectivity index (χ1v) is 3.98. The molecule has 0 bridgehead atoms. The summed E-state index contributed by atoms with van der Waals surface area (Å²) >= 11 is 0. The first-order chi connectivity index (χ1) is 6.20. The van der Waals surface area contributed by atoms with Crippen molar-refractivity contribution in [3.8, 4) is 0 Å². The zero-order valence-electron chi connectivity index (χ0n) is 6.94. The van der Waals surface area contributed by atoms with Crippen molar-refractivity contribution in [2.24, 2.45) is 10.7 Å². The van der Waals surface area contributed by atoms with Gasteiger partial charge in [0.2, 0.25) is 0 Å². The normalized spacial score (nSPS) is 13.8. The minimum atomic E-state index is -1.45. The Morgan fingerprint density at radius 3 is 2.85 bits per heavy atom. The van der Waals surface area contributed by atoms with E-state index in [0.29, 0.717) is 17.8 Å². The largest absolute Gasteiger partial charge is 0.488 e. The number of nitrogens with two attached hydrogens (primary N) is 1. The molecule has 5 heteroatoms. The van der Waals surface area contributed by atoms with Gasteiger partial charge in [-0.3, -0.25) is 4.99 Å². The Hall–Kier alpha value is -1.33. The van der Waals surface area contributed by atoms with Crippen LogP contribution in [0.3, 0.4) is 0 Å². The van der Waals surface area contributed by atoms with Gasteiger partial charge in [0.15, 0.2) is 0 Å². The predicted molar refractivity (Wildman–Crippen MR) is 50.7 cm³/mol. The summed E-state index contributed by atoms with van der Waals surface area (Å²) in [6.07, 6.45) is 0. The highest BCUT2D eigenvalue weighted by molar-refractivity contribution is 6.59. The molecule has 2 rings (SSSR count). The molecule has 0 saturated heterocycles. The van der Waals surface area contributed by atoms with Crippen molar-refractivity contribution in [2.45, 2.75) is 6.54 Å². The summed E-state index contributed by atoms with van der Waals surface area (Å²) in [5.74, 6) is 0.470. The third-order valence-electron chi connectivity index (χ3n) is 2.17. The van der Waals surface area contributed by atoms with Crippen molar-refractivity contribution in [2.75, 3.05) is 0 Å². The van der Waals surface area contributed by atoms with Crippen molar-refractivity contribution in [1.29, 1.82) is 0 Å². The molecule has 66 valence electrons. The van der Waals surface area contributed by atoms with E-state index in [2.05, 4.69) is 4.99 Å². The summed E-state index contributed by atoms with van der Waals surface area (Å²) in [5.41, 5.74) is 7.72. The Bertz CT molecular complexity index is 376. The summed E-state index contributed by atoms with van der Waals surface area (Å²) < 4.78 is 0. The molecule has 1 aliphatic heterocycles. The molecule has 1 heterocycles. The second-order valence-corrected chi connectivity index (χ2v) is 2.95. The first kappa shape index (κ1) is 8.28. The highest BCUT2D eigenvalue weighted by Gasteiger charge is 2.22. The van der Waals surface area contributed by atoms with Crippen LogP contribution in [-0.4, -0.2) is 23.0 Å². The molecule has 0 amide bonds. The van der Waals surface area contributed by atoms with Gasteiger partial charge < -0.3 is 15.8 Å². The molecule has 0 fully saturated rings. The molecule has 0 radical (unpaired) electrons. The minimum absolute atomic E-state index is 0.439. The summed E-state index contributed by atoms with van der Waals surface area (Å²) in [6, 6.07) is 5.23. The second kappa shape index (κ2) is 2.87. The van der Waals surface area contributed by atoms with Gasteiger partial charge in [-0.2, -0.15) is 0 Å². The maximum atomic E-state index is 9.04. The smallest absolute Gasteiger partial charge is 0.423 e. The number of hydrogen-bond acceptors (Lipinski definition) is 4. The number of fused-ring (bicyclic) bond motifs is 1. The van der Waals surface area contributed by atoms with Crippen LogP contribution in [-0.2, 0) is 6.54 Å². The molecule has 1 aliphatic rings. The Balaban J connectivity index is 2.55. The van der Waals surface area contributed by atoms with Crippen molar-refractivity contribution in [3.05, 3.63) is 29.3 Å². The monoisotopic (exact) mass is 176 g/mol. The van der Waals surface area contributed by atoms with Gasteiger partial charge in [0.25, 0.3) is 0 Å². The average molecular weight is 176 g/mol. The van der Waals surface area contributed by atoms with Crippen LogP contribution in [0.25, 0.3) is 0 Å². The number of benzene rings is 1. The molecule has 1 aromatic rings. The lowest BCUT2D eigenvalue weighted by atomic mass is 9.76. The molecule has 0 aromatic heterocycles. The lowest BCUT2D eigenvalue weighted by Gasteiger charge is -2.05. The van der Waals surface area contributed by atoms with Gasteiger partial charge in [0, 0.05) is 5.56 Å². The average Bonchev–Trinajstić information content (AvgIpc) is 2.48. The topological polar surface area (TPSA) is 78.8 Å². The summed E-state index contributed by atoms with van der Waals surface area (Å²) in [4.78, 5) is 4.02. The summed E-state index contributed by atoms with van der Waals surface area (Å²) in [5, 5.41) is 18.1. The third kappa shape index (κ3) is 1.22. The fraction of sp³-hybridized carbons (Fsp3) is 0.125. The highest BCUT2D eigenvalue weighted by Crippen LogP contribution is 2.14. The number of amidine groups is 1. The third-order valence-corrected chi connectivity index (χ3v) is 2.17. The van der Waals surface area contributed by atoms with Crippen LogP contribution in [0, 0.1) is 0 Å². The lowest BCUT2D eigenvalue weighted by Crippen LogP contribution is -2.33. The summed E-state index contributed by atoms with van der Waals surface area (Å²) in [6.45, 7) is 0.439. The van der Waals surface area contributed by atoms with Gasteiger partial charge >= 0.3 is 7.12 Å². The number of nitrogens with zero attached hydrogens (tertiary/aromatic N) is 1. The first-order valence-electron chi connectivity index (χ1n) is 3.98. The van der Waals surface area contributed by atoms with Crippen LogP contribution in [0.1, 0.15) is 11.1 Å². The van der Waals surface area contributed by atoms with E-state index in [1.807, 2.05) is 6.07 Å². The van der Waals surface area contributed by atoms with E-state index >= 15 is 0 Å². The zero-order chi connectivity index (χ0) is 9.42. The van der Waals surface area contributed by atoms with Crippen LogP contribution in [0.5, 0.6) is 0 Å². The minimum Gasteiger partial charge on any atom is -0.423 e. The standard InChI is InChI=1S/C8H9BN2O2/c10-8-5-2-1-3-7(9(12)13)6(5)4-11-8/h1-3,12-13H,4H2,(H2,10,11). The van der Waals surface area contributed by atoms with Gasteiger partial charge in [-0.25, -0.2) is 0 Å². The Morgan fingerprint density at radius 1 is 1.38 bits per heavy atom. The molecule has 0 unspecified atom stereocenters. The maximum Gasteiger partial charge on any atom is 0.488 e. The van der Waals surface area contributed by atoms with E-state index in [0.717, 1.165) is 11.1 Å². The molecule has 4 N–H and O–H groups in total. The van der Waals surface area contributed by atoms with Crippen molar-refractivity contribution < 1.29 is 10.0 Å². The van der Waals surface area contributed by atoms with Crippen LogP contribution in [0.4, 0.5) is 0 Å². The molecule has 0 aliphatic carbocycles. The van der Waals surface area contributed by atoms with E-state index in [9.17, 15) is 0 Å². The molecular weight excluding hydrogens is 167 g/mol. The molecule has 0 saturated carbocycles. The second-order valence-electron chi connectivity index (χ2n) is 2.95. The van der Waals surface area contributed by atoms with Crippen LogP contribution >= 0.6 is 0 Å².